The number of pyridine rings is 1. The molecule has 0 aliphatic heterocycles. The summed E-state index contributed by atoms with van der Waals surface area (Å²) in [7, 11) is 0. The van der Waals surface area contributed by atoms with Crippen molar-refractivity contribution in [1.82, 2.24) is 4.98 Å². The summed E-state index contributed by atoms with van der Waals surface area (Å²) >= 11 is 5.39. The number of halogens is 2. The number of aliphatic hydroxyl groups excluding tert-OH is 1. The van der Waals surface area contributed by atoms with Crippen LogP contribution in [0.5, 0.6) is 0 Å². The molecule has 0 aliphatic rings. The van der Waals surface area contributed by atoms with Crippen molar-refractivity contribution < 1.29 is 5.11 Å². The highest BCUT2D eigenvalue weighted by Gasteiger charge is 2.06. The molecular formula is C7H7BrINO. The lowest BCUT2D eigenvalue weighted by atomic mass is 10.2. The summed E-state index contributed by atoms with van der Waals surface area (Å²) in [5.74, 6) is 0. The maximum absolute atomic E-state index is 9.26. The molecule has 60 valence electrons. The molecule has 0 saturated heterocycles. The lowest BCUT2D eigenvalue weighted by Gasteiger charge is -2.05. The van der Waals surface area contributed by atoms with E-state index in [4.69, 9.17) is 0 Å². The first kappa shape index (κ1) is 9.41. The van der Waals surface area contributed by atoms with Crippen LogP contribution in [0.4, 0.5) is 0 Å². The van der Waals surface area contributed by atoms with E-state index >= 15 is 0 Å². The molecule has 0 saturated carbocycles. The summed E-state index contributed by atoms with van der Waals surface area (Å²) in [5.41, 5.74) is 0.861. The third-order valence-electron chi connectivity index (χ3n) is 1.28. The van der Waals surface area contributed by atoms with Crippen molar-refractivity contribution >= 4 is 38.5 Å². The average molecular weight is 328 g/mol. The van der Waals surface area contributed by atoms with Crippen LogP contribution in [0.15, 0.2) is 16.7 Å². The van der Waals surface area contributed by atoms with E-state index in [1.165, 1.54) is 0 Å². The second-order valence-electron chi connectivity index (χ2n) is 2.21. The molecule has 1 N–H and O–H groups in total. The summed E-state index contributed by atoms with van der Waals surface area (Å²) in [6.45, 7) is 1.73. The van der Waals surface area contributed by atoms with Gasteiger partial charge < -0.3 is 5.11 Å². The molecule has 1 heterocycles. The molecule has 0 bridgehead atoms. The predicted molar refractivity (Wildman–Crippen MR) is 55.3 cm³/mol. The zero-order chi connectivity index (χ0) is 8.43. The summed E-state index contributed by atoms with van der Waals surface area (Å²) in [4.78, 5) is 4.08. The van der Waals surface area contributed by atoms with E-state index in [0.29, 0.717) is 0 Å². The Bertz CT molecular complexity index is 265. The first-order valence-corrected chi connectivity index (χ1v) is 4.97. The molecule has 0 fully saturated rings. The highest BCUT2D eigenvalue weighted by Crippen LogP contribution is 2.21. The number of hydrogen-bond acceptors (Lipinski definition) is 2. The quantitative estimate of drug-likeness (QED) is 0.635. The second kappa shape index (κ2) is 3.82. The number of nitrogens with zero attached hydrogens (tertiary/aromatic N) is 1. The average Bonchev–Trinajstić information content (AvgIpc) is 1.94. The van der Waals surface area contributed by atoms with E-state index in [9.17, 15) is 5.11 Å². The van der Waals surface area contributed by atoms with Crippen molar-refractivity contribution in [2.24, 2.45) is 0 Å². The molecule has 1 rings (SSSR count). The number of aromatic nitrogens is 1. The zero-order valence-corrected chi connectivity index (χ0v) is 9.63. The van der Waals surface area contributed by atoms with Gasteiger partial charge in [-0.05, 0) is 51.5 Å². The van der Waals surface area contributed by atoms with Crippen LogP contribution in [0.2, 0.25) is 0 Å². The minimum absolute atomic E-state index is 0.452. The van der Waals surface area contributed by atoms with Crippen molar-refractivity contribution in [2.75, 3.05) is 0 Å². The molecule has 0 aromatic carbocycles. The summed E-state index contributed by atoms with van der Waals surface area (Å²) in [6.07, 6.45) is 1.26. The van der Waals surface area contributed by atoms with Crippen LogP contribution in [0.3, 0.4) is 0 Å². The van der Waals surface area contributed by atoms with Gasteiger partial charge in [0.2, 0.25) is 0 Å². The van der Waals surface area contributed by atoms with Gasteiger partial charge >= 0.3 is 0 Å². The van der Waals surface area contributed by atoms with E-state index in [1.807, 2.05) is 6.07 Å². The first-order valence-electron chi connectivity index (χ1n) is 3.10. The van der Waals surface area contributed by atoms with Gasteiger partial charge in [0.15, 0.2) is 0 Å². The number of rotatable bonds is 1. The predicted octanol–water partition coefficient (Wildman–Crippen LogP) is 2.50. The smallest absolute Gasteiger partial charge is 0.107 e. The summed E-state index contributed by atoms with van der Waals surface area (Å²) in [5, 5.41) is 9.26. The minimum Gasteiger partial charge on any atom is -0.389 e. The normalized spacial score (nSPS) is 13.1. The maximum atomic E-state index is 9.26. The van der Waals surface area contributed by atoms with Gasteiger partial charge in [-0.15, -0.1) is 0 Å². The standard InChI is InChI=1S/C7H7BrINO/c1-4(11)6-2-5(8)3-10-7(6)9/h2-4,11H,1H3. The van der Waals surface area contributed by atoms with E-state index in [1.54, 1.807) is 13.1 Å². The van der Waals surface area contributed by atoms with E-state index < -0.39 is 6.10 Å². The van der Waals surface area contributed by atoms with Gasteiger partial charge in [-0.3, -0.25) is 0 Å². The van der Waals surface area contributed by atoms with E-state index in [-0.39, 0.29) is 0 Å². The topological polar surface area (TPSA) is 33.1 Å². The molecular weight excluding hydrogens is 321 g/mol. The molecule has 11 heavy (non-hydrogen) atoms. The van der Waals surface area contributed by atoms with Gasteiger partial charge in [0.25, 0.3) is 0 Å². The monoisotopic (exact) mass is 327 g/mol. The van der Waals surface area contributed by atoms with Gasteiger partial charge in [-0.25, -0.2) is 4.98 Å². The number of hydrogen-bond donors (Lipinski definition) is 1. The van der Waals surface area contributed by atoms with Crippen LogP contribution in [-0.2, 0) is 0 Å². The molecule has 1 atom stereocenters. The number of aliphatic hydroxyl groups is 1. The third-order valence-corrected chi connectivity index (χ3v) is 2.62. The lowest BCUT2D eigenvalue weighted by molar-refractivity contribution is 0.198. The Kier molecular flexibility index (Phi) is 3.27. The fourth-order valence-electron chi connectivity index (χ4n) is 0.731. The van der Waals surface area contributed by atoms with Crippen LogP contribution < -0.4 is 0 Å². The van der Waals surface area contributed by atoms with Crippen LogP contribution in [0.25, 0.3) is 0 Å². The Balaban J connectivity index is 3.13. The highest BCUT2D eigenvalue weighted by atomic mass is 127. The van der Waals surface area contributed by atoms with Gasteiger partial charge in [0, 0.05) is 16.2 Å². The van der Waals surface area contributed by atoms with E-state index in [0.717, 1.165) is 13.7 Å². The maximum Gasteiger partial charge on any atom is 0.107 e. The Hall–Kier alpha value is 0.320. The Morgan fingerprint density at radius 3 is 2.82 bits per heavy atom. The van der Waals surface area contributed by atoms with Gasteiger partial charge in [0.1, 0.15) is 3.70 Å². The van der Waals surface area contributed by atoms with Crippen LogP contribution in [0.1, 0.15) is 18.6 Å². The van der Waals surface area contributed by atoms with Crippen molar-refractivity contribution in [2.45, 2.75) is 13.0 Å². The molecule has 1 unspecified atom stereocenters. The lowest BCUT2D eigenvalue weighted by Crippen LogP contribution is -1.96. The van der Waals surface area contributed by atoms with E-state index in [2.05, 4.69) is 43.5 Å². The fraction of sp³-hybridized carbons (Fsp3) is 0.286. The van der Waals surface area contributed by atoms with Gasteiger partial charge in [-0.1, -0.05) is 0 Å². The minimum atomic E-state index is -0.452. The van der Waals surface area contributed by atoms with Gasteiger partial charge in [0.05, 0.1) is 6.10 Å². The molecule has 0 spiro atoms. The zero-order valence-electron chi connectivity index (χ0n) is 5.88. The van der Waals surface area contributed by atoms with Crippen LogP contribution in [0, 0.1) is 3.70 Å². The molecule has 1 aromatic heterocycles. The molecule has 1 aromatic rings. The molecule has 4 heteroatoms. The van der Waals surface area contributed by atoms with Gasteiger partial charge in [-0.2, -0.15) is 0 Å². The third kappa shape index (κ3) is 2.38. The Morgan fingerprint density at radius 1 is 1.73 bits per heavy atom. The molecule has 0 aliphatic carbocycles. The first-order chi connectivity index (χ1) is 5.11. The molecule has 0 radical (unpaired) electrons. The highest BCUT2D eigenvalue weighted by molar-refractivity contribution is 14.1. The summed E-state index contributed by atoms with van der Waals surface area (Å²) in [6, 6.07) is 1.87. The second-order valence-corrected chi connectivity index (χ2v) is 4.15. The largest absolute Gasteiger partial charge is 0.389 e. The van der Waals surface area contributed by atoms with Crippen LogP contribution >= 0.6 is 38.5 Å². The van der Waals surface area contributed by atoms with Crippen molar-refractivity contribution in [3.63, 3.8) is 0 Å². The summed E-state index contributed by atoms with van der Waals surface area (Å²) < 4.78 is 1.75. The van der Waals surface area contributed by atoms with Crippen molar-refractivity contribution in [3.8, 4) is 0 Å². The fourth-order valence-corrected chi connectivity index (χ4v) is 1.83. The van der Waals surface area contributed by atoms with Crippen molar-refractivity contribution in [1.29, 1.82) is 0 Å². The molecule has 0 amide bonds. The Labute approximate surface area is 87.3 Å². The van der Waals surface area contributed by atoms with Crippen molar-refractivity contribution in [3.05, 3.63) is 26.0 Å². The molecule has 2 nitrogen and oxygen atoms in total. The van der Waals surface area contributed by atoms with Crippen LogP contribution in [-0.4, -0.2) is 10.1 Å². The Morgan fingerprint density at radius 2 is 2.36 bits per heavy atom. The SMILES string of the molecule is CC(O)c1cc(Br)cnc1I.